The first-order valence-electron chi connectivity index (χ1n) is 8.26. The summed E-state index contributed by atoms with van der Waals surface area (Å²) in [5.74, 6) is 0.733. The zero-order valence-electron chi connectivity index (χ0n) is 14.7. The van der Waals surface area contributed by atoms with Crippen LogP contribution >= 0.6 is 0 Å². The molecule has 0 aromatic carbocycles. The standard InChI is InChI=1S/C17H20N6O3/c1-11-14(12(2)23-17(22-11)20-10-21-23)5-6-15(24)19-9-16(25)18-8-13-4-3-7-26-13/h3-4,7,10H,5-6,8-9H2,1-2H3,(H,18,25)(H,19,24). The summed E-state index contributed by atoms with van der Waals surface area (Å²) in [7, 11) is 0. The summed E-state index contributed by atoms with van der Waals surface area (Å²) in [5, 5.41) is 9.42. The topological polar surface area (TPSA) is 114 Å². The van der Waals surface area contributed by atoms with E-state index in [9.17, 15) is 9.59 Å². The molecule has 0 aliphatic carbocycles. The molecule has 0 atom stereocenters. The minimum Gasteiger partial charge on any atom is -0.467 e. The van der Waals surface area contributed by atoms with Crippen molar-refractivity contribution < 1.29 is 14.0 Å². The van der Waals surface area contributed by atoms with Gasteiger partial charge in [0.25, 0.3) is 5.78 Å². The second-order valence-corrected chi connectivity index (χ2v) is 5.87. The Labute approximate surface area is 149 Å². The quantitative estimate of drug-likeness (QED) is 0.644. The Morgan fingerprint density at radius 3 is 2.85 bits per heavy atom. The molecule has 0 aliphatic rings. The molecule has 3 rings (SSSR count). The van der Waals surface area contributed by atoms with Crippen LogP contribution in [0, 0.1) is 13.8 Å². The molecule has 26 heavy (non-hydrogen) atoms. The van der Waals surface area contributed by atoms with E-state index in [4.69, 9.17) is 4.42 Å². The molecule has 136 valence electrons. The van der Waals surface area contributed by atoms with Gasteiger partial charge >= 0.3 is 0 Å². The second kappa shape index (κ2) is 7.77. The van der Waals surface area contributed by atoms with Crippen molar-refractivity contribution in [2.75, 3.05) is 6.54 Å². The smallest absolute Gasteiger partial charge is 0.252 e. The number of amides is 2. The third-order valence-electron chi connectivity index (χ3n) is 4.08. The van der Waals surface area contributed by atoms with Gasteiger partial charge in [-0.15, -0.1) is 0 Å². The Bertz CT molecular complexity index is 916. The maximum Gasteiger partial charge on any atom is 0.252 e. The van der Waals surface area contributed by atoms with Crippen LogP contribution in [0.5, 0.6) is 0 Å². The number of nitrogens with zero attached hydrogens (tertiary/aromatic N) is 4. The predicted molar refractivity (Wildman–Crippen MR) is 92.1 cm³/mol. The zero-order valence-corrected chi connectivity index (χ0v) is 14.7. The van der Waals surface area contributed by atoms with Crippen molar-refractivity contribution in [1.29, 1.82) is 0 Å². The van der Waals surface area contributed by atoms with Crippen LogP contribution in [0.15, 0.2) is 29.1 Å². The van der Waals surface area contributed by atoms with E-state index in [0.29, 0.717) is 24.5 Å². The SMILES string of the molecule is Cc1nc2ncnn2c(C)c1CCC(=O)NCC(=O)NCc1ccco1. The summed E-state index contributed by atoms with van der Waals surface area (Å²) in [6.07, 6.45) is 3.76. The molecule has 0 aliphatic heterocycles. The lowest BCUT2D eigenvalue weighted by Crippen LogP contribution is -2.36. The lowest BCUT2D eigenvalue weighted by Gasteiger charge is -2.10. The lowest BCUT2D eigenvalue weighted by molar-refractivity contribution is -0.126. The molecule has 0 unspecified atom stereocenters. The molecule has 0 saturated heterocycles. The Hall–Kier alpha value is -3.23. The van der Waals surface area contributed by atoms with E-state index in [0.717, 1.165) is 17.0 Å². The Morgan fingerprint density at radius 1 is 1.23 bits per heavy atom. The maximum absolute atomic E-state index is 12.0. The van der Waals surface area contributed by atoms with Crippen LogP contribution in [-0.4, -0.2) is 37.9 Å². The number of furan rings is 1. The van der Waals surface area contributed by atoms with Gasteiger partial charge in [-0.1, -0.05) is 0 Å². The van der Waals surface area contributed by atoms with Gasteiger partial charge in [0.15, 0.2) is 0 Å². The lowest BCUT2D eigenvalue weighted by atomic mass is 10.1. The van der Waals surface area contributed by atoms with Gasteiger partial charge in [-0.25, -0.2) is 9.50 Å². The van der Waals surface area contributed by atoms with Crippen molar-refractivity contribution in [3.63, 3.8) is 0 Å². The molecule has 0 fully saturated rings. The minimum atomic E-state index is -0.271. The van der Waals surface area contributed by atoms with Gasteiger partial charge in [0, 0.05) is 17.8 Å². The Balaban J connectivity index is 1.47. The molecule has 2 amide bonds. The first kappa shape index (κ1) is 17.6. The number of hydrogen-bond acceptors (Lipinski definition) is 6. The van der Waals surface area contributed by atoms with E-state index < -0.39 is 0 Å². The zero-order chi connectivity index (χ0) is 18.5. The molecule has 0 spiro atoms. The third-order valence-corrected chi connectivity index (χ3v) is 4.08. The van der Waals surface area contributed by atoms with Crippen LogP contribution in [0.1, 0.15) is 29.1 Å². The van der Waals surface area contributed by atoms with Crippen molar-refractivity contribution in [2.45, 2.75) is 33.2 Å². The van der Waals surface area contributed by atoms with Crippen molar-refractivity contribution in [3.05, 3.63) is 47.4 Å². The van der Waals surface area contributed by atoms with E-state index in [2.05, 4.69) is 25.7 Å². The molecule has 3 aromatic heterocycles. The number of aromatic nitrogens is 4. The van der Waals surface area contributed by atoms with Crippen molar-refractivity contribution in [3.8, 4) is 0 Å². The molecule has 0 saturated carbocycles. The highest BCUT2D eigenvalue weighted by Crippen LogP contribution is 2.14. The van der Waals surface area contributed by atoms with E-state index in [1.807, 2.05) is 13.8 Å². The summed E-state index contributed by atoms with van der Waals surface area (Å²) in [5.41, 5.74) is 2.70. The van der Waals surface area contributed by atoms with Crippen molar-refractivity contribution >= 4 is 17.6 Å². The average molecular weight is 356 g/mol. The average Bonchev–Trinajstić information content (AvgIpc) is 3.29. The van der Waals surface area contributed by atoms with Crippen LogP contribution in [0.3, 0.4) is 0 Å². The van der Waals surface area contributed by atoms with E-state index in [1.54, 1.807) is 22.9 Å². The predicted octanol–water partition coefficient (Wildman–Crippen LogP) is 0.699. The summed E-state index contributed by atoms with van der Waals surface area (Å²) >= 11 is 0. The fourth-order valence-corrected chi connectivity index (χ4v) is 2.68. The van der Waals surface area contributed by atoms with Crippen LogP contribution in [-0.2, 0) is 22.6 Å². The molecule has 2 N–H and O–H groups in total. The fourth-order valence-electron chi connectivity index (χ4n) is 2.68. The maximum atomic E-state index is 12.0. The first-order valence-corrected chi connectivity index (χ1v) is 8.26. The fraction of sp³-hybridized carbons (Fsp3) is 0.353. The largest absolute Gasteiger partial charge is 0.467 e. The summed E-state index contributed by atoms with van der Waals surface area (Å²) in [4.78, 5) is 32.2. The molecular formula is C17H20N6O3. The van der Waals surface area contributed by atoms with Crippen LogP contribution < -0.4 is 10.6 Å². The monoisotopic (exact) mass is 356 g/mol. The van der Waals surface area contributed by atoms with Gasteiger partial charge < -0.3 is 15.1 Å². The number of carbonyl (C=O) groups is 2. The molecule has 0 radical (unpaired) electrons. The van der Waals surface area contributed by atoms with Gasteiger partial charge in [-0.05, 0) is 38.0 Å². The van der Waals surface area contributed by atoms with Crippen LogP contribution in [0.4, 0.5) is 0 Å². The van der Waals surface area contributed by atoms with Crippen molar-refractivity contribution in [2.24, 2.45) is 0 Å². The van der Waals surface area contributed by atoms with E-state index in [-0.39, 0.29) is 24.8 Å². The summed E-state index contributed by atoms with van der Waals surface area (Å²) < 4.78 is 6.78. The molecular weight excluding hydrogens is 336 g/mol. The molecule has 3 heterocycles. The van der Waals surface area contributed by atoms with Crippen molar-refractivity contribution in [1.82, 2.24) is 30.2 Å². The normalized spacial score (nSPS) is 10.8. The molecule has 3 aromatic rings. The first-order chi connectivity index (χ1) is 12.5. The van der Waals surface area contributed by atoms with Gasteiger partial charge in [-0.3, -0.25) is 9.59 Å². The number of fused-ring (bicyclic) bond motifs is 1. The highest BCUT2D eigenvalue weighted by atomic mass is 16.3. The van der Waals surface area contributed by atoms with Gasteiger partial charge in [-0.2, -0.15) is 10.1 Å². The van der Waals surface area contributed by atoms with E-state index in [1.165, 1.54) is 6.33 Å². The molecule has 9 nitrogen and oxygen atoms in total. The highest BCUT2D eigenvalue weighted by molar-refractivity contribution is 5.84. The highest BCUT2D eigenvalue weighted by Gasteiger charge is 2.13. The summed E-state index contributed by atoms with van der Waals surface area (Å²) in [6.45, 7) is 4.03. The Kier molecular flexibility index (Phi) is 5.26. The second-order valence-electron chi connectivity index (χ2n) is 5.87. The van der Waals surface area contributed by atoms with Gasteiger partial charge in [0.2, 0.25) is 11.8 Å². The van der Waals surface area contributed by atoms with Gasteiger partial charge in [0.1, 0.15) is 12.1 Å². The third kappa shape index (κ3) is 4.05. The number of rotatable bonds is 7. The number of aryl methyl sites for hydroxylation is 2. The Morgan fingerprint density at radius 2 is 2.08 bits per heavy atom. The molecule has 0 bridgehead atoms. The minimum absolute atomic E-state index is 0.0716. The number of nitrogens with one attached hydrogen (secondary N) is 2. The molecule has 9 heteroatoms. The van der Waals surface area contributed by atoms with Gasteiger partial charge in [0.05, 0.1) is 19.4 Å². The number of carbonyl (C=O) groups excluding carboxylic acids is 2. The summed E-state index contributed by atoms with van der Waals surface area (Å²) in [6, 6.07) is 3.52. The van der Waals surface area contributed by atoms with E-state index >= 15 is 0 Å². The van der Waals surface area contributed by atoms with Crippen LogP contribution in [0.2, 0.25) is 0 Å². The number of hydrogen-bond donors (Lipinski definition) is 2. The van der Waals surface area contributed by atoms with Crippen LogP contribution in [0.25, 0.3) is 5.78 Å².